The molecule has 13 heavy (non-hydrogen) atoms. The van der Waals surface area contributed by atoms with Crippen molar-refractivity contribution in [3.63, 3.8) is 0 Å². The summed E-state index contributed by atoms with van der Waals surface area (Å²) in [5.74, 6) is -3.45. The van der Waals surface area contributed by atoms with Crippen LogP contribution in [0.25, 0.3) is 0 Å². The molecule has 0 aromatic heterocycles. The molecule has 0 spiro atoms. The first-order valence-electron chi connectivity index (χ1n) is 4.90. The molecule has 0 saturated heterocycles. The van der Waals surface area contributed by atoms with E-state index in [4.69, 9.17) is 0 Å². The summed E-state index contributed by atoms with van der Waals surface area (Å²) >= 11 is 0. The maximum absolute atomic E-state index is 12.7. The molecule has 2 fully saturated rings. The summed E-state index contributed by atoms with van der Waals surface area (Å²) in [6, 6.07) is 0. The van der Waals surface area contributed by atoms with E-state index in [9.17, 15) is 13.6 Å². The smallest absolute Gasteiger partial charge is 0.293 e. The normalized spacial score (nSPS) is 38.2. The Labute approximate surface area is 76.5 Å². The van der Waals surface area contributed by atoms with E-state index in [1.807, 2.05) is 0 Å². The van der Waals surface area contributed by atoms with Gasteiger partial charge in [0.2, 0.25) is 5.78 Å². The van der Waals surface area contributed by atoms with Crippen molar-refractivity contribution in [2.75, 3.05) is 0 Å². The van der Waals surface area contributed by atoms with Crippen molar-refractivity contribution in [2.24, 2.45) is 17.8 Å². The number of carbonyl (C=O) groups excluding carboxylic acids is 1. The quantitative estimate of drug-likeness (QED) is 0.651. The molecule has 0 amide bonds. The Morgan fingerprint density at radius 2 is 2.00 bits per heavy atom. The van der Waals surface area contributed by atoms with Gasteiger partial charge < -0.3 is 0 Å². The Morgan fingerprint density at radius 3 is 2.38 bits per heavy atom. The lowest BCUT2D eigenvalue weighted by Crippen LogP contribution is -2.34. The second kappa shape index (κ2) is 2.76. The van der Waals surface area contributed by atoms with Crippen molar-refractivity contribution in [3.8, 4) is 0 Å². The highest BCUT2D eigenvalue weighted by molar-refractivity contribution is 5.88. The molecule has 0 aromatic carbocycles. The molecule has 2 aliphatic carbocycles. The predicted molar refractivity (Wildman–Crippen MR) is 44.6 cm³/mol. The zero-order valence-electron chi connectivity index (χ0n) is 7.72. The Bertz CT molecular complexity index is 232. The van der Waals surface area contributed by atoms with Gasteiger partial charge in [-0.25, -0.2) is 0 Å². The fourth-order valence-electron chi connectivity index (χ4n) is 2.89. The highest BCUT2D eigenvalue weighted by atomic mass is 19.3. The lowest BCUT2D eigenvalue weighted by molar-refractivity contribution is -0.146. The second-order valence-electron chi connectivity index (χ2n) is 4.53. The minimum absolute atomic E-state index is 0.267. The van der Waals surface area contributed by atoms with Gasteiger partial charge in [-0.05, 0) is 31.1 Å². The van der Waals surface area contributed by atoms with E-state index in [0.717, 1.165) is 26.2 Å². The molecular weight excluding hydrogens is 174 g/mol. The SMILES string of the molecule is CC(F)(F)C(=O)C1CC2CCC1C2. The number of fused-ring (bicyclic) bond motifs is 2. The number of carbonyl (C=O) groups is 1. The molecule has 0 aliphatic heterocycles. The topological polar surface area (TPSA) is 17.1 Å². The zero-order valence-corrected chi connectivity index (χ0v) is 7.72. The molecule has 0 radical (unpaired) electrons. The standard InChI is InChI=1S/C10H14F2O/c1-10(11,12)9(13)8-5-6-2-3-7(8)4-6/h6-8H,2-5H2,1H3. The predicted octanol–water partition coefficient (Wildman–Crippen LogP) is 2.65. The van der Waals surface area contributed by atoms with E-state index in [1.54, 1.807) is 0 Å². The van der Waals surface area contributed by atoms with Crippen LogP contribution < -0.4 is 0 Å². The number of rotatable bonds is 2. The van der Waals surface area contributed by atoms with E-state index < -0.39 is 11.7 Å². The van der Waals surface area contributed by atoms with Crippen LogP contribution in [0.5, 0.6) is 0 Å². The van der Waals surface area contributed by atoms with E-state index in [0.29, 0.717) is 12.3 Å². The number of halogens is 2. The number of alkyl halides is 2. The van der Waals surface area contributed by atoms with E-state index in [1.165, 1.54) is 0 Å². The van der Waals surface area contributed by atoms with Crippen LogP contribution in [-0.4, -0.2) is 11.7 Å². The minimum atomic E-state index is -3.12. The second-order valence-corrected chi connectivity index (χ2v) is 4.53. The van der Waals surface area contributed by atoms with Gasteiger partial charge in [-0.1, -0.05) is 6.42 Å². The third-order valence-electron chi connectivity index (χ3n) is 3.51. The summed E-state index contributed by atoms with van der Waals surface area (Å²) in [6.45, 7) is 0.724. The Kier molecular flexibility index (Phi) is 1.93. The first-order chi connectivity index (χ1) is 5.98. The molecule has 2 bridgehead atoms. The van der Waals surface area contributed by atoms with Gasteiger partial charge in [0.15, 0.2) is 0 Å². The molecular formula is C10H14F2O. The van der Waals surface area contributed by atoms with Gasteiger partial charge in [0.05, 0.1) is 0 Å². The van der Waals surface area contributed by atoms with Crippen LogP contribution >= 0.6 is 0 Å². The van der Waals surface area contributed by atoms with Crippen LogP contribution in [0.15, 0.2) is 0 Å². The monoisotopic (exact) mass is 188 g/mol. The van der Waals surface area contributed by atoms with E-state index >= 15 is 0 Å². The Hall–Kier alpha value is -0.470. The number of hydrogen-bond donors (Lipinski definition) is 0. The van der Waals surface area contributed by atoms with E-state index in [2.05, 4.69) is 0 Å². The van der Waals surface area contributed by atoms with Crippen LogP contribution in [0, 0.1) is 17.8 Å². The maximum atomic E-state index is 12.7. The number of hydrogen-bond acceptors (Lipinski definition) is 1. The molecule has 3 heteroatoms. The highest BCUT2D eigenvalue weighted by Gasteiger charge is 2.48. The lowest BCUT2D eigenvalue weighted by atomic mass is 9.84. The largest absolute Gasteiger partial charge is 0.302 e. The molecule has 0 N–H and O–H groups in total. The van der Waals surface area contributed by atoms with Gasteiger partial charge >= 0.3 is 5.92 Å². The molecule has 0 heterocycles. The summed E-state index contributed by atoms with van der Waals surface area (Å²) in [4.78, 5) is 11.3. The third kappa shape index (κ3) is 1.49. The summed E-state index contributed by atoms with van der Waals surface area (Å²) in [5.41, 5.74) is 0. The van der Waals surface area contributed by atoms with Crippen molar-refractivity contribution in [1.29, 1.82) is 0 Å². The molecule has 0 aromatic rings. The van der Waals surface area contributed by atoms with Crippen LogP contribution in [0.1, 0.15) is 32.6 Å². The number of Topliss-reactive ketones (excluding diaryl/α,β-unsaturated/α-hetero) is 1. The van der Waals surface area contributed by atoms with Crippen molar-refractivity contribution >= 4 is 5.78 Å². The average Bonchev–Trinajstić information content (AvgIpc) is 2.60. The van der Waals surface area contributed by atoms with Crippen molar-refractivity contribution in [1.82, 2.24) is 0 Å². The summed E-state index contributed by atoms with van der Waals surface area (Å²) in [6.07, 6.45) is 3.85. The maximum Gasteiger partial charge on any atom is 0.302 e. The minimum Gasteiger partial charge on any atom is -0.293 e. The first kappa shape index (κ1) is 9.10. The lowest BCUT2D eigenvalue weighted by Gasteiger charge is -2.22. The van der Waals surface area contributed by atoms with Gasteiger partial charge in [0.1, 0.15) is 0 Å². The Balaban J connectivity index is 2.07. The highest BCUT2D eigenvalue weighted by Crippen LogP contribution is 2.49. The first-order valence-corrected chi connectivity index (χ1v) is 4.90. The fraction of sp³-hybridized carbons (Fsp3) is 0.900. The summed E-state index contributed by atoms with van der Waals surface area (Å²) < 4.78 is 25.5. The third-order valence-corrected chi connectivity index (χ3v) is 3.51. The van der Waals surface area contributed by atoms with Gasteiger partial charge in [0.25, 0.3) is 0 Å². The van der Waals surface area contributed by atoms with Gasteiger partial charge in [-0.2, -0.15) is 8.78 Å². The van der Waals surface area contributed by atoms with Crippen LogP contribution in [0.4, 0.5) is 8.78 Å². The average molecular weight is 188 g/mol. The van der Waals surface area contributed by atoms with Crippen LogP contribution in [0.2, 0.25) is 0 Å². The van der Waals surface area contributed by atoms with Crippen molar-refractivity contribution < 1.29 is 13.6 Å². The molecule has 1 nitrogen and oxygen atoms in total. The van der Waals surface area contributed by atoms with E-state index in [-0.39, 0.29) is 11.8 Å². The molecule has 3 unspecified atom stereocenters. The molecule has 2 saturated carbocycles. The van der Waals surface area contributed by atoms with Crippen LogP contribution in [0.3, 0.4) is 0 Å². The fourth-order valence-corrected chi connectivity index (χ4v) is 2.89. The molecule has 74 valence electrons. The zero-order chi connectivity index (χ0) is 9.64. The van der Waals surface area contributed by atoms with Gasteiger partial charge in [0, 0.05) is 12.8 Å². The van der Waals surface area contributed by atoms with Crippen molar-refractivity contribution in [2.45, 2.75) is 38.5 Å². The molecule has 3 atom stereocenters. The van der Waals surface area contributed by atoms with Crippen LogP contribution in [-0.2, 0) is 4.79 Å². The Morgan fingerprint density at radius 1 is 1.31 bits per heavy atom. The summed E-state index contributed by atoms with van der Waals surface area (Å²) in [5, 5.41) is 0. The summed E-state index contributed by atoms with van der Waals surface area (Å²) in [7, 11) is 0. The molecule has 2 aliphatic rings. The van der Waals surface area contributed by atoms with Gasteiger partial charge in [-0.15, -0.1) is 0 Å². The number of ketones is 1. The van der Waals surface area contributed by atoms with Crippen molar-refractivity contribution in [3.05, 3.63) is 0 Å². The van der Waals surface area contributed by atoms with Gasteiger partial charge in [-0.3, -0.25) is 4.79 Å². The molecule has 2 rings (SSSR count).